The van der Waals surface area contributed by atoms with E-state index in [-0.39, 0.29) is 5.82 Å². The van der Waals surface area contributed by atoms with Crippen LogP contribution in [0.1, 0.15) is 36.9 Å². The highest BCUT2D eigenvalue weighted by Gasteiger charge is 2.18. The molecule has 0 bridgehead atoms. The molecule has 106 valence electrons. The van der Waals surface area contributed by atoms with Gasteiger partial charge in [0, 0.05) is 12.2 Å². The summed E-state index contributed by atoms with van der Waals surface area (Å²) in [6, 6.07) is 5.76. The van der Waals surface area contributed by atoms with Gasteiger partial charge in [0.2, 0.25) is 5.95 Å². The Balaban J connectivity index is 1.95. The van der Waals surface area contributed by atoms with Crippen molar-refractivity contribution in [1.29, 1.82) is 0 Å². The van der Waals surface area contributed by atoms with E-state index in [9.17, 15) is 4.39 Å². The Bertz CT molecular complexity index is 612. The maximum absolute atomic E-state index is 14.2. The SMILES string of the molecule is Cc1ccc(-n2cc(C)nc2NC2CCCC2)c(F)c1. The maximum Gasteiger partial charge on any atom is 0.208 e. The lowest BCUT2D eigenvalue weighted by atomic mass is 10.2. The van der Waals surface area contributed by atoms with Gasteiger partial charge in [-0.3, -0.25) is 4.57 Å². The highest BCUT2D eigenvalue weighted by atomic mass is 19.1. The second-order valence-electron chi connectivity index (χ2n) is 5.66. The monoisotopic (exact) mass is 273 g/mol. The lowest BCUT2D eigenvalue weighted by molar-refractivity contribution is 0.616. The Morgan fingerprint density at radius 2 is 2.00 bits per heavy atom. The number of aromatic nitrogens is 2. The first-order valence-electron chi connectivity index (χ1n) is 7.22. The number of nitrogens with one attached hydrogen (secondary N) is 1. The van der Waals surface area contributed by atoms with Crippen LogP contribution >= 0.6 is 0 Å². The fourth-order valence-corrected chi connectivity index (χ4v) is 2.84. The number of hydrogen-bond donors (Lipinski definition) is 1. The van der Waals surface area contributed by atoms with Crippen molar-refractivity contribution in [3.05, 3.63) is 41.5 Å². The molecule has 3 nitrogen and oxygen atoms in total. The second kappa shape index (κ2) is 5.27. The third kappa shape index (κ3) is 2.55. The molecule has 1 aliphatic carbocycles. The van der Waals surface area contributed by atoms with E-state index in [2.05, 4.69) is 10.3 Å². The topological polar surface area (TPSA) is 29.9 Å². The number of rotatable bonds is 3. The minimum absolute atomic E-state index is 0.211. The average molecular weight is 273 g/mol. The van der Waals surface area contributed by atoms with E-state index in [1.54, 1.807) is 6.07 Å². The minimum Gasteiger partial charge on any atom is -0.353 e. The van der Waals surface area contributed by atoms with Gasteiger partial charge in [-0.25, -0.2) is 9.37 Å². The number of aryl methyl sites for hydroxylation is 2. The van der Waals surface area contributed by atoms with Gasteiger partial charge >= 0.3 is 0 Å². The van der Waals surface area contributed by atoms with E-state index in [1.807, 2.05) is 36.7 Å². The molecule has 0 amide bonds. The Kier molecular flexibility index (Phi) is 3.47. The van der Waals surface area contributed by atoms with Gasteiger partial charge in [-0.15, -0.1) is 0 Å². The van der Waals surface area contributed by atoms with Gasteiger partial charge in [-0.05, 0) is 44.4 Å². The van der Waals surface area contributed by atoms with Crippen molar-refractivity contribution in [3.8, 4) is 5.69 Å². The van der Waals surface area contributed by atoms with Crippen LogP contribution in [0.15, 0.2) is 24.4 Å². The van der Waals surface area contributed by atoms with Crippen LogP contribution in [0, 0.1) is 19.7 Å². The molecule has 4 heteroatoms. The molecule has 0 radical (unpaired) electrons. The molecule has 1 aliphatic rings. The van der Waals surface area contributed by atoms with Crippen molar-refractivity contribution in [3.63, 3.8) is 0 Å². The van der Waals surface area contributed by atoms with Gasteiger partial charge in [-0.2, -0.15) is 0 Å². The number of halogens is 1. The Labute approximate surface area is 118 Å². The molecule has 2 aromatic rings. The highest BCUT2D eigenvalue weighted by molar-refractivity contribution is 5.45. The third-order valence-corrected chi connectivity index (χ3v) is 3.88. The summed E-state index contributed by atoms with van der Waals surface area (Å²) in [6.07, 6.45) is 6.74. The summed E-state index contributed by atoms with van der Waals surface area (Å²) in [5.74, 6) is 0.536. The zero-order valence-electron chi connectivity index (χ0n) is 12.0. The summed E-state index contributed by atoms with van der Waals surface area (Å²) in [5, 5.41) is 3.46. The molecule has 1 heterocycles. The minimum atomic E-state index is -0.211. The normalized spacial score (nSPS) is 15.8. The standard InChI is InChI=1S/C16H20FN3/c1-11-7-8-15(14(17)9-11)20-10-12(2)18-16(20)19-13-5-3-4-6-13/h7-10,13H,3-6H2,1-2H3,(H,18,19). The van der Waals surface area contributed by atoms with Crippen molar-refractivity contribution < 1.29 is 4.39 Å². The Morgan fingerprint density at radius 1 is 1.25 bits per heavy atom. The molecule has 1 N–H and O–H groups in total. The molecule has 0 aliphatic heterocycles. The lowest BCUT2D eigenvalue weighted by Gasteiger charge is -2.15. The maximum atomic E-state index is 14.2. The fraction of sp³-hybridized carbons (Fsp3) is 0.438. The van der Waals surface area contributed by atoms with E-state index in [4.69, 9.17) is 0 Å². The van der Waals surface area contributed by atoms with Crippen molar-refractivity contribution in [2.24, 2.45) is 0 Å². The molecule has 0 atom stereocenters. The van der Waals surface area contributed by atoms with Crippen LogP contribution in [0.2, 0.25) is 0 Å². The summed E-state index contributed by atoms with van der Waals surface area (Å²) < 4.78 is 16.0. The number of nitrogens with zero attached hydrogens (tertiary/aromatic N) is 2. The number of imidazole rings is 1. The van der Waals surface area contributed by atoms with Crippen LogP contribution in [0.3, 0.4) is 0 Å². The predicted molar refractivity (Wildman–Crippen MR) is 78.9 cm³/mol. The smallest absolute Gasteiger partial charge is 0.208 e. The summed E-state index contributed by atoms with van der Waals surface area (Å²) in [4.78, 5) is 4.50. The van der Waals surface area contributed by atoms with E-state index >= 15 is 0 Å². The number of hydrogen-bond acceptors (Lipinski definition) is 2. The summed E-state index contributed by atoms with van der Waals surface area (Å²) in [5.41, 5.74) is 2.37. The van der Waals surface area contributed by atoms with Gasteiger partial charge < -0.3 is 5.32 Å². The fourth-order valence-electron chi connectivity index (χ4n) is 2.84. The Hall–Kier alpha value is -1.84. The van der Waals surface area contributed by atoms with Gasteiger partial charge in [0.25, 0.3) is 0 Å². The molecule has 1 fully saturated rings. The summed E-state index contributed by atoms with van der Waals surface area (Å²) in [6.45, 7) is 3.83. The van der Waals surface area contributed by atoms with Crippen LogP contribution in [0.5, 0.6) is 0 Å². The molecule has 3 rings (SSSR count). The van der Waals surface area contributed by atoms with Crippen LogP contribution in [0.25, 0.3) is 5.69 Å². The van der Waals surface area contributed by atoms with Crippen molar-refractivity contribution in [2.75, 3.05) is 5.32 Å². The highest BCUT2D eigenvalue weighted by Crippen LogP contribution is 2.25. The zero-order valence-corrected chi connectivity index (χ0v) is 12.0. The van der Waals surface area contributed by atoms with Crippen molar-refractivity contribution in [2.45, 2.75) is 45.6 Å². The molecule has 1 aromatic carbocycles. The van der Waals surface area contributed by atoms with E-state index < -0.39 is 0 Å². The van der Waals surface area contributed by atoms with Crippen LogP contribution in [-0.2, 0) is 0 Å². The second-order valence-corrected chi connectivity index (χ2v) is 5.66. The van der Waals surface area contributed by atoms with Gasteiger partial charge in [-0.1, -0.05) is 18.9 Å². The summed E-state index contributed by atoms with van der Waals surface area (Å²) >= 11 is 0. The molecule has 0 unspecified atom stereocenters. The Morgan fingerprint density at radius 3 is 2.70 bits per heavy atom. The van der Waals surface area contributed by atoms with Crippen LogP contribution in [-0.4, -0.2) is 15.6 Å². The number of benzene rings is 1. The largest absolute Gasteiger partial charge is 0.353 e. The zero-order chi connectivity index (χ0) is 14.1. The van der Waals surface area contributed by atoms with Gasteiger partial charge in [0.15, 0.2) is 0 Å². The van der Waals surface area contributed by atoms with E-state index in [0.717, 1.165) is 17.2 Å². The van der Waals surface area contributed by atoms with Gasteiger partial charge in [0.05, 0.1) is 11.4 Å². The van der Waals surface area contributed by atoms with Crippen LogP contribution in [0.4, 0.5) is 10.3 Å². The quantitative estimate of drug-likeness (QED) is 0.916. The first-order valence-corrected chi connectivity index (χ1v) is 7.22. The first-order chi connectivity index (χ1) is 9.63. The average Bonchev–Trinajstić information content (AvgIpc) is 3.00. The third-order valence-electron chi connectivity index (χ3n) is 3.88. The van der Waals surface area contributed by atoms with Crippen molar-refractivity contribution >= 4 is 5.95 Å². The van der Waals surface area contributed by atoms with E-state index in [1.165, 1.54) is 25.7 Å². The number of anilines is 1. The predicted octanol–water partition coefficient (Wildman–Crippen LogP) is 3.98. The molecule has 1 aromatic heterocycles. The lowest BCUT2D eigenvalue weighted by Crippen LogP contribution is -2.18. The van der Waals surface area contributed by atoms with Gasteiger partial charge in [0.1, 0.15) is 5.82 Å². The van der Waals surface area contributed by atoms with Crippen LogP contribution < -0.4 is 5.32 Å². The summed E-state index contributed by atoms with van der Waals surface area (Å²) in [7, 11) is 0. The molecule has 0 spiro atoms. The van der Waals surface area contributed by atoms with Crippen molar-refractivity contribution in [1.82, 2.24) is 9.55 Å². The first kappa shape index (κ1) is 13.2. The molecule has 0 saturated heterocycles. The molecule has 1 saturated carbocycles. The van der Waals surface area contributed by atoms with E-state index in [0.29, 0.717) is 11.7 Å². The molecular weight excluding hydrogens is 253 g/mol. The molecule has 20 heavy (non-hydrogen) atoms. The molecular formula is C16H20FN3.